The van der Waals surface area contributed by atoms with Gasteiger partial charge >= 0.3 is 0 Å². The molecule has 1 N–H and O–H groups in total. The Kier molecular flexibility index (Phi) is 3.86. The molecule has 1 atom stereocenters. The molecule has 3 heterocycles. The van der Waals surface area contributed by atoms with Crippen molar-refractivity contribution in [1.29, 1.82) is 0 Å². The van der Waals surface area contributed by atoms with Gasteiger partial charge < -0.3 is 9.64 Å². The van der Waals surface area contributed by atoms with Crippen molar-refractivity contribution in [2.45, 2.75) is 24.6 Å². The van der Waals surface area contributed by atoms with Crippen LogP contribution in [0.1, 0.15) is 22.5 Å². The minimum atomic E-state index is -0.161. The van der Waals surface area contributed by atoms with Gasteiger partial charge in [-0.2, -0.15) is 5.10 Å². The lowest BCUT2D eigenvalue weighted by molar-refractivity contribution is -0.0952. The van der Waals surface area contributed by atoms with Gasteiger partial charge in [0, 0.05) is 18.8 Å². The number of rotatable bonds is 4. The molecule has 4 rings (SSSR count). The van der Waals surface area contributed by atoms with E-state index in [2.05, 4.69) is 46.4 Å². The Labute approximate surface area is 141 Å². The van der Waals surface area contributed by atoms with E-state index in [0.29, 0.717) is 24.8 Å². The summed E-state index contributed by atoms with van der Waals surface area (Å²) in [5.41, 5.74) is 1.69. The van der Waals surface area contributed by atoms with E-state index in [1.807, 2.05) is 11.0 Å². The van der Waals surface area contributed by atoms with E-state index in [9.17, 15) is 4.79 Å². The van der Waals surface area contributed by atoms with Gasteiger partial charge in [0.05, 0.1) is 19.7 Å². The third kappa shape index (κ3) is 2.83. The highest BCUT2D eigenvalue weighted by molar-refractivity contribution is 5.92. The van der Waals surface area contributed by atoms with Crippen LogP contribution in [0.25, 0.3) is 0 Å². The molecule has 6 heteroatoms. The lowest BCUT2D eigenvalue weighted by Gasteiger charge is -2.47. The quantitative estimate of drug-likeness (QED) is 0.925. The Morgan fingerprint density at radius 3 is 2.88 bits per heavy atom. The first kappa shape index (κ1) is 15.4. The van der Waals surface area contributed by atoms with Crippen molar-refractivity contribution in [2.75, 3.05) is 26.7 Å². The van der Waals surface area contributed by atoms with Gasteiger partial charge in [-0.25, -0.2) is 0 Å². The maximum absolute atomic E-state index is 12.3. The van der Waals surface area contributed by atoms with Crippen molar-refractivity contribution in [3.8, 4) is 0 Å². The molecule has 0 aliphatic carbocycles. The molecule has 1 aromatic heterocycles. The zero-order chi connectivity index (χ0) is 16.6. The Morgan fingerprint density at radius 2 is 2.17 bits per heavy atom. The van der Waals surface area contributed by atoms with Crippen LogP contribution in [0.3, 0.4) is 0 Å². The Bertz CT molecular complexity index is 695. The van der Waals surface area contributed by atoms with Crippen LogP contribution in [0.2, 0.25) is 0 Å². The second-order valence-corrected chi connectivity index (χ2v) is 6.88. The van der Waals surface area contributed by atoms with Crippen molar-refractivity contribution in [1.82, 2.24) is 20.0 Å². The largest absolute Gasteiger partial charge is 0.370 e. The molecule has 1 unspecified atom stereocenters. The molecular weight excluding hydrogens is 304 g/mol. The number of likely N-dealkylation sites (N-methyl/N-ethyl adjacent to an activating group) is 1. The summed E-state index contributed by atoms with van der Waals surface area (Å²) in [5.74, 6) is 0.00261. The zero-order valence-electron chi connectivity index (χ0n) is 13.8. The van der Waals surface area contributed by atoms with E-state index in [-0.39, 0.29) is 11.5 Å². The molecule has 2 aliphatic heterocycles. The summed E-state index contributed by atoms with van der Waals surface area (Å²) in [7, 11) is 2.15. The number of nitrogens with zero attached hydrogens (tertiary/aromatic N) is 3. The van der Waals surface area contributed by atoms with Gasteiger partial charge in [0.1, 0.15) is 11.3 Å². The second-order valence-electron chi connectivity index (χ2n) is 6.88. The molecular formula is C18H22N4O2. The number of amides is 1. The van der Waals surface area contributed by atoms with Crippen LogP contribution < -0.4 is 0 Å². The molecule has 1 spiro atoms. The number of benzene rings is 1. The van der Waals surface area contributed by atoms with Crippen molar-refractivity contribution in [2.24, 2.45) is 0 Å². The number of carbonyl (C=O) groups is 1. The molecule has 0 radical (unpaired) electrons. The van der Waals surface area contributed by atoms with Gasteiger partial charge in [0.2, 0.25) is 0 Å². The van der Waals surface area contributed by atoms with Gasteiger partial charge in [-0.1, -0.05) is 30.3 Å². The van der Waals surface area contributed by atoms with Crippen molar-refractivity contribution < 1.29 is 9.53 Å². The first-order valence-electron chi connectivity index (χ1n) is 8.32. The molecule has 24 heavy (non-hydrogen) atoms. The van der Waals surface area contributed by atoms with Crippen LogP contribution in [0.4, 0.5) is 0 Å². The van der Waals surface area contributed by atoms with Gasteiger partial charge in [-0.3, -0.25) is 14.8 Å². The van der Waals surface area contributed by atoms with Crippen LogP contribution in [0.5, 0.6) is 0 Å². The highest BCUT2D eigenvalue weighted by Gasteiger charge is 2.52. The van der Waals surface area contributed by atoms with Crippen molar-refractivity contribution in [3.63, 3.8) is 0 Å². The van der Waals surface area contributed by atoms with E-state index in [4.69, 9.17) is 4.74 Å². The summed E-state index contributed by atoms with van der Waals surface area (Å²) >= 11 is 0. The fraction of sp³-hybridized carbons (Fsp3) is 0.444. The predicted octanol–water partition coefficient (Wildman–Crippen LogP) is 1.53. The molecule has 6 nitrogen and oxygen atoms in total. The number of carbonyl (C=O) groups excluding carboxylic acids is 1. The second kappa shape index (κ2) is 6.03. The first-order valence-corrected chi connectivity index (χ1v) is 8.32. The fourth-order valence-electron chi connectivity index (χ4n) is 3.66. The average Bonchev–Trinajstić information content (AvgIpc) is 3.24. The average molecular weight is 326 g/mol. The van der Waals surface area contributed by atoms with Crippen molar-refractivity contribution >= 4 is 5.91 Å². The molecule has 2 aliphatic rings. The summed E-state index contributed by atoms with van der Waals surface area (Å²) in [4.78, 5) is 16.5. The van der Waals surface area contributed by atoms with E-state index in [1.165, 1.54) is 5.56 Å². The van der Waals surface area contributed by atoms with Gasteiger partial charge in [0.15, 0.2) is 0 Å². The van der Waals surface area contributed by atoms with Crippen LogP contribution in [0.15, 0.2) is 42.6 Å². The molecule has 126 valence electrons. The number of H-pyrrole nitrogens is 1. The van der Waals surface area contributed by atoms with Crippen molar-refractivity contribution in [3.05, 3.63) is 53.9 Å². The lowest BCUT2D eigenvalue weighted by atomic mass is 9.88. The standard InChI is InChI=1S/C18H22N4O2/c1-21(10-14-5-3-2-4-6-14)15-9-18(24-11-15)12-22(13-18)17(23)16-7-8-19-20-16/h2-8,15H,9-13H2,1H3,(H,19,20). The summed E-state index contributed by atoms with van der Waals surface area (Å²) < 4.78 is 6.08. The van der Waals surface area contributed by atoms with Gasteiger partial charge in [-0.15, -0.1) is 0 Å². The minimum Gasteiger partial charge on any atom is -0.370 e. The molecule has 2 saturated heterocycles. The van der Waals surface area contributed by atoms with Gasteiger partial charge in [-0.05, 0) is 25.1 Å². The maximum Gasteiger partial charge on any atom is 0.272 e. The van der Waals surface area contributed by atoms with E-state index in [1.54, 1.807) is 12.3 Å². The van der Waals surface area contributed by atoms with Gasteiger partial charge in [0.25, 0.3) is 5.91 Å². The summed E-state index contributed by atoms with van der Waals surface area (Å²) in [6.07, 6.45) is 2.58. The lowest BCUT2D eigenvalue weighted by Crippen LogP contribution is -2.63. The highest BCUT2D eigenvalue weighted by Crippen LogP contribution is 2.37. The Balaban J connectivity index is 1.32. The summed E-state index contributed by atoms with van der Waals surface area (Å²) in [6.45, 7) is 2.98. The van der Waals surface area contributed by atoms with E-state index >= 15 is 0 Å². The fourth-order valence-corrected chi connectivity index (χ4v) is 3.66. The third-order valence-corrected chi connectivity index (χ3v) is 5.06. The molecule has 2 aromatic rings. The number of ether oxygens (including phenoxy) is 1. The molecule has 1 aromatic carbocycles. The minimum absolute atomic E-state index is 0.00261. The SMILES string of the molecule is CN(Cc1ccccc1)C1COC2(C1)CN(C(=O)c1ccn[nH]1)C2. The number of hydrogen-bond acceptors (Lipinski definition) is 4. The van der Waals surface area contributed by atoms with Crippen LogP contribution >= 0.6 is 0 Å². The molecule has 0 saturated carbocycles. The monoisotopic (exact) mass is 326 g/mol. The summed E-state index contributed by atoms with van der Waals surface area (Å²) in [5, 5.41) is 6.57. The smallest absolute Gasteiger partial charge is 0.272 e. The normalized spacial score (nSPS) is 22.1. The molecule has 1 amide bonds. The van der Waals surface area contributed by atoms with E-state index < -0.39 is 0 Å². The molecule has 2 fully saturated rings. The number of hydrogen-bond donors (Lipinski definition) is 1. The highest BCUT2D eigenvalue weighted by atomic mass is 16.5. The van der Waals surface area contributed by atoms with E-state index in [0.717, 1.165) is 19.6 Å². The Morgan fingerprint density at radius 1 is 1.38 bits per heavy atom. The Hall–Kier alpha value is -2.18. The molecule has 0 bridgehead atoms. The van der Waals surface area contributed by atoms with Crippen LogP contribution in [0, 0.1) is 0 Å². The number of nitrogens with one attached hydrogen (secondary N) is 1. The first-order chi connectivity index (χ1) is 11.7. The predicted molar refractivity (Wildman–Crippen MR) is 89.5 cm³/mol. The number of aromatic amines is 1. The topological polar surface area (TPSA) is 61.5 Å². The summed E-state index contributed by atoms with van der Waals surface area (Å²) in [6, 6.07) is 12.6. The third-order valence-electron chi connectivity index (χ3n) is 5.06. The number of aromatic nitrogens is 2. The van der Waals surface area contributed by atoms with Crippen LogP contribution in [-0.4, -0.2) is 64.3 Å². The zero-order valence-corrected chi connectivity index (χ0v) is 13.8. The number of likely N-dealkylation sites (tertiary alicyclic amines) is 1. The van der Waals surface area contributed by atoms with Crippen LogP contribution in [-0.2, 0) is 11.3 Å². The maximum atomic E-state index is 12.3.